The van der Waals surface area contributed by atoms with E-state index in [-0.39, 0.29) is 5.92 Å². The van der Waals surface area contributed by atoms with Crippen molar-refractivity contribution in [3.8, 4) is 33.8 Å². The largest absolute Gasteiger partial charge is 0.374 e. The van der Waals surface area contributed by atoms with E-state index in [0.717, 1.165) is 62.9 Å². The van der Waals surface area contributed by atoms with Crippen molar-refractivity contribution in [2.24, 2.45) is 5.92 Å². The van der Waals surface area contributed by atoms with Crippen LogP contribution in [0.15, 0.2) is 73.4 Å². The standard InChI is InChI=1S/C29H26N8O/c38-29(18-4-1-2-5-18)33-21-12-19(14-31-16-21)20-13-23-26(36-37-27(23)32-15-20)28-34-24-7-3-6-22(25(24)35-28)17-8-10-30-11-9-17/h3,6-16,18,29,33,38H,1-2,4-5H2,(H,34,35)(H,32,36,37). The van der Waals surface area contributed by atoms with E-state index in [1.807, 2.05) is 36.4 Å². The Bertz CT molecular complexity index is 1740. The van der Waals surface area contributed by atoms with E-state index in [4.69, 9.17) is 4.98 Å². The predicted octanol–water partition coefficient (Wildman–Crippen LogP) is 5.55. The average Bonchev–Trinajstić information content (AvgIpc) is 3.73. The highest BCUT2D eigenvalue weighted by Gasteiger charge is 2.23. The van der Waals surface area contributed by atoms with E-state index < -0.39 is 6.23 Å². The molecule has 1 aromatic carbocycles. The maximum atomic E-state index is 10.6. The molecular weight excluding hydrogens is 476 g/mol. The molecule has 0 radical (unpaired) electrons. The highest BCUT2D eigenvalue weighted by atomic mass is 16.3. The Labute approximate surface area is 218 Å². The van der Waals surface area contributed by atoms with Gasteiger partial charge in [0.2, 0.25) is 0 Å². The Hall–Kier alpha value is -4.63. The quantitative estimate of drug-likeness (QED) is 0.220. The predicted molar refractivity (Wildman–Crippen MR) is 147 cm³/mol. The second-order valence-electron chi connectivity index (χ2n) is 9.81. The van der Waals surface area contributed by atoms with E-state index >= 15 is 0 Å². The molecule has 0 saturated heterocycles. The summed E-state index contributed by atoms with van der Waals surface area (Å²) in [6, 6.07) is 14.1. The number of hydrogen-bond donors (Lipinski definition) is 4. The van der Waals surface area contributed by atoms with Gasteiger partial charge in [-0.15, -0.1) is 0 Å². The van der Waals surface area contributed by atoms with Crippen molar-refractivity contribution >= 4 is 27.8 Å². The van der Waals surface area contributed by atoms with Crippen LogP contribution < -0.4 is 5.32 Å². The number of aromatic amines is 2. The maximum absolute atomic E-state index is 10.6. The molecule has 1 saturated carbocycles. The van der Waals surface area contributed by atoms with Crippen LogP contribution in [-0.2, 0) is 0 Å². The number of aliphatic hydroxyl groups excluding tert-OH is 1. The summed E-state index contributed by atoms with van der Waals surface area (Å²) in [4.78, 5) is 21.5. The number of nitrogens with one attached hydrogen (secondary N) is 3. The lowest BCUT2D eigenvalue weighted by Crippen LogP contribution is -2.26. The fraction of sp³-hybridized carbons (Fsp3) is 0.207. The number of rotatable bonds is 6. The molecule has 5 heterocycles. The zero-order chi connectivity index (χ0) is 25.5. The third-order valence-electron chi connectivity index (χ3n) is 7.38. The van der Waals surface area contributed by atoms with Crippen molar-refractivity contribution in [1.82, 2.24) is 35.1 Å². The van der Waals surface area contributed by atoms with E-state index in [1.54, 1.807) is 31.0 Å². The van der Waals surface area contributed by atoms with Gasteiger partial charge in [0.25, 0.3) is 0 Å². The number of anilines is 1. The first-order valence-electron chi connectivity index (χ1n) is 12.9. The van der Waals surface area contributed by atoms with Crippen molar-refractivity contribution in [3.05, 3.63) is 73.4 Å². The van der Waals surface area contributed by atoms with Crippen LogP contribution in [0.25, 0.3) is 55.8 Å². The first-order chi connectivity index (χ1) is 18.7. The number of nitrogens with zero attached hydrogens (tertiary/aromatic N) is 5. The Balaban J connectivity index is 1.24. The summed E-state index contributed by atoms with van der Waals surface area (Å²) >= 11 is 0. The van der Waals surface area contributed by atoms with Gasteiger partial charge in [0.05, 0.1) is 28.3 Å². The molecular formula is C29H26N8O. The van der Waals surface area contributed by atoms with E-state index in [9.17, 15) is 5.11 Å². The maximum Gasteiger partial charge on any atom is 0.181 e. The number of fused-ring (bicyclic) bond motifs is 2. The van der Waals surface area contributed by atoms with Gasteiger partial charge in [-0.05, 0) is 48.7 Å². The number of benzene rings is 1. The third kappa shape index (κ3) is 4.06. The molecule has 4 N–H and O–H groups in total. The SMILES string of the molecule is OC(Nc1cncc(-c2cnc3n[nH]c(-c4nc5c(-c6ccncc6)cccc5[nH]4)c3c2)c1)C1CCCC1. The van der Waals surface area contributed by atoms with Crippen molar-refractivity contribution in [1.29, 1.82) is 0 Å². The van der Waals surface area contributed by atoms with Crippen LogP contribution in [0.3, 0.4) is 0 Å². The fourth-order valence-electron chi connectivity index (χ4n) is 5.39. The number of para-hydroxylation sites is 1. The highest BCUT2D eigenvalue weighted by molar-refractivity contribution is 5.97. The third-order valence-corrected chi connectivity index (χ3v) is 7.38. The summed E-state index contributed by atoms with van der Waals surface area (Å²) in [7, 11) is 0. The number of hydrogen-bond acceptors (Lipinski definition) is 7. The molecule has 1 fully saturated rings. The topological polar surface area (TPSA) is 128 Å². The Kier molecular flexibility index (Phi) is 5.55. The van der Waals surface area contributed by atoms with Crippen molar-refractivity contribution < 1.29 is 5.11 Å². The summed E-state index contributed by atoms with van der Waals surface area (Å²) in [5.74, 6) is 0.976. The van der Waals surface area contributed by atoms with Crippen LogP contribution in [0.4, 0.5) is 5.69 Å². The fourth-order valence-corrected chi connectivity index (χ4v) is 5.39. The molecule has 6 aromatic rings. The second-order valence-corrected chi connectivity index (χ2v) is 9.81. The van der Waals surface area contributed by atoms with Gasteiger partial charge in [-0.3, -0.25) is 15.1 Å². The monoisotopic (exact) mass is 502 g/mol. The lowest BCUT2D eigenvalue weighted by molar-refractivity contribution is 0.137. The normalized spacial score (nSPS) is 14.9. The van der Waals surface area contributed by atoms with Crippen LogP contribution in [0.2, 0.25) is 0 Å². The number of aliphatic hydroxyl groups is 1. The van der Waals surface area contributed by atoms with Gasteiger partial charge in [-0.2, -0.15) is 5.10 Å². The van der Waals surface area contributed by atoms with E-state index in [2.05, 4.69) is 41.5 Å². The molecule has 7 rings (SSSR count). The molecule has 1 unspecified atom stereocenters. The van der Waals surface area contributed by atoms with Crippen LogP contribution in [-0.4, -0.2) is 46.5 Å². The van der Waals surface area contributed by atoms with Crippen LogP contribution in [0.5, 0.6) is 0 Å². The molecule has 9 nitrogen and oxygen atoms in total. The molecule has 1 aliphatic carbocycles. The molecule has 38 heavy (non-hydrogen) atoms. The van der Waals surface area contributed by atoms with Crippen molar-refractivity contribution in [2.75, 3.05) is 5.32 Å². The smallest absolute Gasteiger partial charge is 0.181 e. The minimum absolute atomic E-state index is 0.285. The zero-order valence-electron chi connectivity index (χ0n) is 20.6. The molecule has 0 spiro atoms. The molecule has 0 aliphatic heterocycles. The molecule has 5 aromatic heterocycles. The number of aromatic nitrogens is 7. The van der Waals surface area contributed by atoms with E-state index in [0.29, 0.717) is 11.5 Å². The van der Waals surface area contributed by atoms with Crippen LogP contribution in [0.1, 0.15) is 25.7 Å². The lowest BCUT2D eigenvalue weighted by atomic mass is 10.1. The average molecular weight is 503 g/mol. The van der Waals surface area contributed by atoms with Gasteiger partial charge in [0.15, 0.2) is 11.5 Å². The summed E-state index contributed by atoms with van der Waals surface area (Å²) in [6.45, 7) is 0. The van der Waals surface area contributed by atoms with Gasteiger partial charge in [-0.1, -0.05) is 25.0 Å². The first-order valence-corrected chi connectivity index (χ1v) is 12.9. The molecule has 0 amide bonds. The van der Waals surface area contributed by atoms with Crippen molar-refractivity contribution in [2.45, 2.75) is 31.9 Å². The number of imidazole rings is 1. The van der Waals surface area contributed by atoms with Gasteiger partial charge in [-0.25, -0.2) is 9.97 Å². The summed E-state index contributed by atoms with van der Waals surface area (Å²) in [5.41, 5.74) is 7.87. The molecule has 1 aliphatic rings. The van der Waals surface area contributed by atoms with Gasteiger partial charge < -0.3 is 15.4 Å². The van der Waals surface area contributed by atoms with Gasteiger partial charge >= 0.3 is 0 Å². The summed E-state index contributed by atoms with van der Waals surface area (Å²) < 4.78 is 0. The molecule has 0 bridgehead atoms. The highest BCUT2D eigenvalue weighted by Crippen LogP contribution is 2.33. The lowest BCUT2D eigenvalue weighted by Gasteiger charge is -2.20. The Morgan fingerprint density at radius 3 is 2.63 bits per heavy atom. The summed E-state index contributed by atoms with van der Waals surface area (Å²) in [6.07, 6.45) is 12.8. The van der Waals surface area contributed by atoms with Crippen LogP contribution in [0, 0.1) is 5.92 Å². The molecule has 188 valence electrons. The number of H-pyrrole nitrogens is 2. The van der Waals surface area contributed by atoms with Gasteiger partial charge in [0.1, 0.15) is 11.9 Å². The second kappa shape index (κ2) is 9.35. The van der Waals surface area contributed by atoms with Crippen LogP contribution >= 0.6 is 0 Å². The number of pyridine rings is 3. The first kappa shape index (κ1) is 22.6. The molecule has 9 heteroatoms. The Morgan fingerprint density at radius 2 is 1.76 bits per heavy atom. The van der Waals surface area contributed by atoms with Crippen molar-refractivity contribution in [3.63, 3.8) is 0 Å². The Morgan fingerprint density at radius 1 is 0.921 bits per heavy atom. The minimum atomic E-state index is -0.569. The minimum Gasteiger partial charge on any atom is -0.374 e. The molecule has 1 atom stereocenters. The van der Waals surface area contributed by atoms with E-state index in [1.165, 1.54) is 12.8 Å². The zero-order valence-corrected chi connectivity index (χ0v) is 20.6. The summed E-state index contributed by atoms with van der Waals surface area (Å²) in [5, 5.41) is 22.2. The van der Waals surface area contributed by atoms with Gasteiger partial charge in [0, 0.05) is 47.4 Å².